The van der Waals surface area contributed by atoms with Crippen LogP contribution in [0.15, 0.2) is 60.7 Å². The van der Waals surface area contributed by atoms with Crippen LogP contribution in [0, 0.1) is 0 Å². The van der Waals surface area contributed by atoms with Crippen molar-refractivity contribution in [2.75, 3.05) is 50.7 Å². The van der Waals surface area contributed by atoms with E-state index in [1.165, 1.54) is 5.69 Å². The van der Waals surface area contributed by atoms with Crippen LogP contribution in [-0.4, -0.2) is 62.5 Å². The molecule has 148 valence electrons. The maximum atomic E-state index is 12.0. The lowest BCUT2D eigenvalue weighted by atomic mass is 10.2. The molecular weight excluding hydrogens is 352 g/mol. The summed E-state index contributed by atoms with van der Waals surface area (Å²) < 4.78 is 0. The molecule has 28 heavy (non-hydrogen) atoms. The molecule has 0 bridgehead atoms. The molecule has 6 heteroatoms. The first-order valence-corrected chi connectivity index (χ1v) is 9.85. The Morgan fingerprint density at radius 3 is 2.11 bits per heavy atom. The van der Waals surface area contributed by atoms with E-state index in [9.17, 15) is 9.59 Å². The zero-order chi connectivity index (χ0) is 19.6. The van der Waals surface area contributed by atoms with Crippen LogP contribution in [0.4, 0.5) is 5.69 Å². The van der Waals surface area contributed by atoms with Gasteiger partial charge in [0.05, 0.1) is 0 Å². The first kappa shape index (κ1) is 19.9. The van der Waals surface area contributed by atoms with Crippen LogP contribution in [0.25, 0.3) is 0 Å². The van der Waals surface area contributed by atoms with Crippen molar-refractivity contribution in [2.24, 2.45) is 0 Å². The third-order valence-electron chi connectivity index (χ3n) is 4.92. The second-order valence-electron chi connectivity index (χ2n) is 6.89. The standard InChI is InChI=1S/C22H28N4O2/c27-21(11-12-24-22(28)19-7-3-1-4-8-19)23-13-14-25-15-17-26(18-16-25)20-9-5-2-6-10-20/h1-10H,11-18H2,(H,23,27)(H,24,28). The number of benzene rings is 2. The molecule has 0 atom stereocenters. The number of carbonyl (C=O) groups excluding carboxylic acids is 2. The van der Waals surface area contributed by atoms with E-state index in [4.69, 9.17) is 0 Å². The molecule has 0 aromatic heterocycles. The van der Waals surface area contributed by atoms with Crippen molar-refractivity contribution in [3.05, 3.63) is 66.2 Å². The molecule has 1 aliphatic rings. The number of anilines is 1. The number of amides is 2. The van der Waals surface area contributed by atoms with Crippen molar-refractivity contribution in [3.8, 4) is 0 Å². The smallest absolute Gasteiger partial charge is 0.251 e. The molecule has 2 amide bonds. The van der Waals surface area contributed by atoms with Crippen LogP contribution in [0.2, 0.25) is 0 Å². The third kappa shape index (κ3) is 6.09. The quantitative estimate of drug-likeness (QED) is 0.732. The zero-order valence-corrected chi connectivity index (χ0v) is 16.1. The third-order valence-corrected chi connectivity index (χ3v) is 4.92. The van der Waals surface area contributed by atoms with Crippen LogP contribution in [0.1, 0.15) is 16.8 Å². The fourth-order valence-electron chi connectivity index (χ4n) is 3.29. The molecule has 2 N–H and O–H groups in total. The molecular formula is C22H28N4O2. The number of hydrogen-bond acceptors (Lipinski definition) is 4. The van der Waals surface area contributed by atoms with Crippen LogP contribution in [0.5, 0.6) is 0 Å². The molecule has 6 nitrogen and oxygen atoms in total. The molecule has 1 heterocycles. The fourth-order valence-corrected chi connectivity index (χ4v) is 3.29. The van der Waals surface area contributed by atoms with Gasteiger partial charge in [0.2, 0.25) is 5.91 Å². The number of hydrogen-bond donors (Lipinski definition) is 2. The Hall–Kier alpha value is -2.86. The Labute approximate surface area is 166 Å². The maximum Gasteiger partial charge on any atom is 0.251 e. The summed E-state index contributed by atoms with van der Waals surface area (Å²) in [5, 5.41) is 5.72. The predicted octanol–water partition coefficient (Wildman–Crippen LogP) is 1.74. The first-order chi connectivity index (χ1) is 13.7. The highest BCUT2D eigenvalue weighted by atomic mass is 16.2. The van der Waals surface area contributed by atoms with Crippen molar-refractivity contribution >= 4 is 17.5 Å². The summed E-state index contributed by atoms with van der Waals surface area (Å²) in [6, 6.07) is 19.5. The van der Waals surface area contributed by atoms with E-state index in [2.05, 4.69) is 44.7 Å². The summed E-state index contributed by atoms with van der Waals surface area (Å²) in [6.07, 6.45) is 0.292. The number of nitrogens with zero attached hydrogens (tertiary/aromatic N) is 2. The highest BCUT2D eigenvalue weighted by Crippen LogP contribution is 2.15. The maximum absolute atomic E-state index is 12.0. The van der Waals surface area contributed by atoms with Gasteiger partial charge in [-0.2, -0.15) is 0 Å². The second-order valence-corrected chi connectivity index (χ2v) is 6.89. The Morgan fingerprint density at radius 2 is 1.43 bits per heavy atom. The van der Waals surface area contributed by atoms with Gasteiger partial charge in [-0.3, -0.25) is 14.5 Å². The monoisotopic (exact) mass is 380 g/mol. The van der Waals surface area contributed by atoms with E-state index >= 15 is 0 Å². The number of rotatable bonds is 8. The second kappa shape index (κ2) is 10.5. The van der Waals surface area contributed by atoms with E-state index < -0.39 is 0 Å². The molecule has 0 saturated carbocycles. The van der Waals surface area contributed by atoms with Gasteiger partial charge in [0.1, 0.15) is 0 Å². The predicted molar refractivity (Wildman–Crippen MR) is 111 cm³/mol. The normalized spacial score (nSPS) is 14.5. The Morgan fingerprint density at radius 1 is 0.786 bits per heavy atom. The van der Waals surface area contributed by atoms with Gasteiger partial charge >= 0.3 is 0 Å². The number of para-hydroxylation sites is 1. The van der Waals surface area contributed by atoms with Crippen LogP contribution in [-0.2, 0) is 4.79 Å². The van der Waals surface area contributed by atoms with Crippen LogP contribution < -0.4 is 15.5 Å². The first-order valence-electron chi connectivity index (χ1n) is 9.85. The lowest BCUT2D eigenvalue weighted by molar-refractivity contribution is -0.121. The van der Waals surface area contributed by atoms with Gasteiger partial charge < -0.3 is 15.5 Å². The number of carbonyl (C=O) groups is 2. The lowest BCUT2D eigenvalue weighted by Crippen LogP contribution is -2.48. The summed E-state index contributed by atoms with van der Waals surface area (Å²) in [6.45, 7) is 5.83. The van der Waals surface area contributed by atoms with Gasteiger partial charge in [-0.05, 0) is 24.3 Å². The molecule has 0 unspecified atom stereocenters. The van der Waals surface area contributed by atoms with Crippen molar-refractivity contribution in [3.63, 3.8) is 0 Å². The van der Waals surface area contributed by atoms with Gasteiger partial charge in [-0.1, -0.05) is 36.4 Å². The molecule has 0 aliphatic carbocycles. The summed E-state index contributed by atoms with van der Waals surface area (Å²) in [4.78, 5) is 28.6. The van der Waals surface area contributed by atoms with Crippen molar-refractivity contribution in [2.45, 2.75) is 6.42 Å². The summed E-state index contributed by atoms with van der Waals surface area (Å²) in [5.74, 6) is -0.180. The largest absolute Gasteiger partial charge is 0.369 e. The fraction of sp³-hybridized carbons (Fsp3) is 0.364. The summed E-state index contributed by atoms with van der Waals surface area (Å²) in [7, 11) is 0. The van der Waals surface area contributed by atoms with Gasteiger partial charge in [0, 0.05) is 63.5 Å². The van der Waals surface area contributed by atoms with Crippen molar-refractivity contribution in [1.29, 1.82) is 0 Å². The molecule has 0 spiro atoms. The Kier molecular flexibility index (Phi) is 7.44. The average Bonchev–Trinajstić information content (AvgIpc) is 2.75. The molecule has 2 aromatic carbocycles. The number of nitrogens with one attached hydrogen (secondary N) is 2. The average molecular weight is 380 g/mol. The van der Waals surface area contributed by atoms with Crippen molar-refractivity contribution < 1.29 is 9.59 Å². The minimum atomic E-state index is -0.148. The molecule has 2 aromatic rings. The molecule has 0 radical (unpaired) electrons. The Balaban J connectivity index is 1.26. The van der Waals surface area contributed by atoms with Crippen LogP contribution in [0.3, 0.4) is 0 Å². The van der Waals surface area contributed by atoms with E-state index in [0.717, 1.165) is 32.7 Å². The zero-order valence-electron chi connectivity index (χ0n) is 16.1. The lowest BCUT2D eigenvalue weighted by Gasteiger charge is -2.36. The SMILES string of the molecule is O=C(CCNC(=O)c1ccccc1)NCCN1CCN(c2ccccc2)CC1. The Bertz CT molecular complexity index is 744. The molecule has 1 fully saturated rings. The highest BCUT2D eigenvalue weighted by Gasteiger charge is 2.16. The van der Waals surface area contributed by atoms with E-state index in [1.807, 2.05) is 24.3 Å². The summed E-state index contributed by atoms with van der Waals surface area (Å²) in [5.41, 5.74) is 1.88. The minimum Gasteiger partial charge on any atom is -0.369 e. The van der Waals surface area contributed by atoms with E-state index in [0.29, 0.717) is 25.1 Å². The van der Waals surface area contributed by atoms with E-state index in [1.54, 1.807) is 12.1 Å². The van der Waals surface area contributed by atoms with Crippen LogP contribution >= 0.6 is 0 Å². The number of piperazine rings is 1. The minimum absolute atomic E-state index is 0.0312. The highest BCUT2D eigenvalue weighted by molar-refractivity contribution is 5.94. The van der Waals surface area contributed by atoms with Gasteiger partial charge in [-0.25, -0.2) is 0 Å². The molecule has 3 rings (SSSR count). The molecule has 1 saturated heterocycles. The molecule has 1 aliphatic heterocycles. The topological polar surface area (TPSA) is 64.7 Å². The summed E-state index contributed by atoms with van der Waals surface area (Å²) >= 11 is 0. The van der Waals surface area contributed by atoms with Gasteiger partial charge in [-0.15, -0.1) is 0 Å². The van der Waals surface area contributed by atoms with E-state index in [-0.39, 0.29) is 11.8 Å². The van der Waals surface area contributed by atoms with Crippen molar-refractivity contribution in [1.82, 2.24) is 15.5 Å². The van der Waals surface area contributed by atoms with Gasteiger partial charge in [0.25, 0.3) is 5.91 Å². The van der Waals surface area contributed by atoms with Gasteiger partial charge in [0.15, 0.2) is 0 Å².